The van der Waals surface area contributed by atoms with Crippen molar-refractivity contribution < 1.29 is 13.2 Å². The van der Waals surface area contributed by atoms with Gasteiger partial charge in [-0.2, -0.15) is 4.39 Å². The number of nitrogens with zero attached hydrogens (tertiary/aromatic N) is 4. The number of imidazole rings is 1. The first-order chi connectivity index (χ1) is 16.9. The van der Waals surface area contributed by atoms with Crippen LogP contribution in [0.1, 0.15) is 17.0 Å². The second-order valence-corrected chi connectivity index (χ2v) is 8.13. The van der Waals surface area contributed by atoms with E-state index in [9.17, 15) is 22.8 Å². The molecule has 0 radical (unpaired) electrons. The molecular weight excluding hydrogens is 457 g/mol. The first-order valence-corrected chi connectivity index (χ1v) is 10.8. The van der Waals surface area contributed by atoms with Gasteiger partial charge in [0.25, 0.3) is 5.56 Å². The zero-order chi connectivity index (χ0) is 24.5. The monoisotopic (exact) mass is 476 g/mol. The second kappa shape index (κ2) is 9.09. The molecule has 0 bridgehead atoms. The fourth-order valence-corrected chi connectivity index (χ4v) is 3.99. The summed E-state index contributed by atoms with van der Waals surface area (Å²) in [5, 5.41) is 0. The largest absolute Gasteiger partial charge is 0.331 e. The van der Waals surface area contributed by atoms with Gasteiger partial charge in [-0.15, -0.1) is 0 Å². The molecule has 5 rings (SSSR count). The van der Waals surface area contributed by atoms with Gasteiger partial charge in [0, 0.05) is 6.54 Å². The Kier molecular flexibility index (Phi) is 5.82. The molecule has 0 aliphatic heterocycles. The van der Waals surface area contributed by atoms with Crippen molar-refractivity contribution in [1.82, 2.24) is 18.7 Å². The van der Waals surface area contributed by atoms with Gasteiger partial charge < -0.3 is 4.57 Å². The lowest BCUT2D eigenvalue weighted by molar-refractivity contribution is 0.509. The molecular formula is C26H19F3N4O2. The van der Waals surface area contributed by atoms with Gasteiger partial charge in [-0.3, -0.25) is 13.9 Å². The summed E-state index contributed by atoms with van der Waals surface area (Å²) >= 11 is 0. The number of benzene rings is 3. The Hall–Kier alpha value is -4.40. The van der Waals surface area contributed by atoms with Crippen LogP contribution in [-0.2, 0) is 19.6 Å². The lowest BCUT2D eigenvalue weighted by atomic mass is 10.2. The smallest absolute Gasteiger partial charge is 0.322 e. The standard InChI is InChI=1S/C26H19F3N4O2/c27-19-9-5-17(6-10-19)13-32-23-4-2-1-3-22(23)30-24(32)16-31-15-21(29)25(34)33(26(31)35)14-18-7-11-20(28)12-8-18/h1-12,15H,13-14,16H2. The second-order valence-electron chi connectivity index (χ2n) is 8.13. The van der Waals surface area contributed by atoms with E-state index in [0.29, 0.717) is 23.4 Å². The van der Waals surface area contributed by atoms with Gasteiger partial charge in [0.2, 0.25) is 5.82 Å². The maximum Gasteiger partial charge on any atom is 0.331 e. The summed E-state index contributed by atoms with van der Waals surface area (Å²) < 4.78 is 44.9. The van der Waals surface area contributed by atoms with Crippen molar-refractivity contribution in [2.24, 2.45) is 0 Å². The molecule has 176 valence electrons. The zero-order valence-electron chi connectivity index (χ0n) is 18.4. The van der Waals surface area contributed by atoms with Gasteiger partial charge in [-0.1, -0.05) is 36.4 Å². The Morgan fingerprint density at radius 3 is 1.89 bits per heavy atom. The molecule has 0 amide bonds. The minimum atomic E-state index is -1.09. The highest BCUT2D eigenvalue weighted by atomic mass is 19.1. The fraction of sp³-hybridized carbons (Fsp3) is 0.115. The zero-order valence-corrected chi connectivity index (χ0v) is 18.4. The molecule has 35 heavy (non-hydrogen) atoms. The van der Waals surface area contributed by atoms with Gasteiger partial charge in [-0.05, 0) is 47.5 Å². The number of hydrogen-bond acceptors (Lipinski definition) is 3. The molecule has 0 unspecified atom stereocenters. The normalized spacial score (nSPS) is 11.3. The van der Waals surface area contributed by atoms with E-state index >= 15 is 0 Å². The summed E-state index contributed by atoms with van der Waals surface area (Å²) in [7, 11) is 0. The number of para-hydroxylation sites is 2. The van der Waals surface area contributed by atoms with Gasteiger partial charge in [-0.25, -0.2) is 18.6 Å². The lowest BCUT2D eigenvalue weighted by Crippen LogP contribution is -2.41. The Morgan fingerprint density at radius 1 is 0.686 bits per heavy atom. The predicted molar refractivity (Wildman–Crippen MR) is 125 cm³/mol. The third-order valence-electron chi connectivity index (χ3n) is 5.75. The molecule has 0 aliphatic rings. The van der Waals surface area contributed by atoms with Crippen LogP contribution in [0.25, 0.3) is 11.0 Å². The van der Waals surface area contributed by atoms with E-state index in [1.807, 2.05) is 28.8 Å². The van der Waals surface area contributed by atoms with Crippen LogP contribution < -0.4 is 11.2 Å². The van der Waals surface area contributed by atoms with Crippen molar-refractivity contribution in [2.75, 3.05) is 0 Å². The highest BCUT2D eigenvalue weighted by molar-refractivity contribution is 5.76. The molecule has 6 nitrogen and oxygen atoms in total. The Bertz CT molecular complexity index is 1640. The molecule has 0 atom stereocenters. The Labute approximate surface area is 197 Å². The molecule has 0 spiro atoms. The molecule has 9 heteroatoms. The average Bonchev–Trinajstić information content (AvgIpc) is 3.19. The molecule has 0 N–H and O–H groups in total. The first kappa shape index (κ1) is 22.4. The summed E-state index contributed by atoms with van der Waals surface area (Å²) in [4.78, 5) is 30.2. The molecule has 0 fully saturated rings. The summed E-state index contributed by atoms with van der Waals surface area (Å²) in [6.45, 7) is 0.0413. The number of rotatable bonds is 6. The van der Waals surface area contributed by atoms with E-state index in [1.165, 1.54) is 36.4 Å². The summed E-state index contributed by atoms with van der Waals surface area (Å²) in [5.74, 6) is -1.44. The van der Waals surface area contributed by atoms with Gasteiger partial charge in [0.05, 0.1) is 30.3 Å². The molecule has 3 aromatic carbocycles. The van der Waals surface area contributed by atoms with Gasteiger partial charge in [0.15, 0.2) is 0 Å². The van der Waals surface area contributed by atoms with Crippen LogP contribution in [0.5, 0.6) is 0 Å². The minimum absolute atomic E-state index is 0.102. The van der Waals surface area contributed by atoms with Crippen molar-refractivity contribution in [3.8, 4) is 0 Å². The van der Waals surface area contributed by atoms with Crippen LogP contribution in [-0.4, -0.2) is 18.7 Å². The maximum atomic E-state index is 14.6. The quantitative estimate of drug-likeness (QED) is 0.373. The molecule has 2 heterocycles. The SMILES string of the molecule is O=c1c(F)cn(Cc2nc3ccccc3n2Cc2ccc(F)cc2)c(=O)n1Cc1ccc(F)cc1. The van der Waals surface area contributed by atoms with Crippen LogP contribution in [0, 0.1) is 17.5 Å². The van der Waals surface area contributed by atoms with Crippen molar-refractivity contribution >= 4 is 11.0 Å². The number of fused-ring (bicyclic) bond motifs is 1. The molecule has 0 aliphatic carbocycles. The Balaban J connectivity index is 1.56. The molecule has 0 saturated carbocycles. The van der Waals surface area contributed by atoms with Crippen LogP contribution >= 0.6 is 0 Å². The van der Waals surface area contributed by atoms with Crippen molar-refractivity contribution in [3.05, 3.63) is 134 Å². The Morgan fingerprint density at radius 2 is 1.26 bits per heavy atom. The van der Waals surface area contributed by atoms with E-state index in [-0.39, 0.29) is 18.9 Å². The molecule has 5 aromatic rings. The van der Waals surface area contributed by atoms with Crippen LogP contribution in [0.15, 0.2) is 88.6 Å². The molecule has 2 aromatic heterocycles. The first-order valence-electron chi connectivity index (χ1n) is 10.8. The van der Waals surface area contributed by atoms with Crippen molar-refractivity contribution in [2.45, 2.75) is 19.6 Å². The predicted octanol–water partition coefficient (Wildman–Crippen LogP) is 3.92. The highest BCUT2D eigenvalue weighted by Crippen LogP contribution is 2.19. The number of aromatic nitrogens is 4. The van der Waals surface area contributed by atoms with E-state index < -0.39 is 22.9 Å². The van der Waals surface area contributed by atoms with E-state index in [4.69, 9.17) is 0 Å². The van der Waals surface area contributed by atoms with Gasteiger partial charge in [0.1, 0.15) is 17.5 Å². The highest BCUT2D eigenvalue weighted by Gasteiger charge is 2.16. The van der Waals surface area contributed by atoms with Gasteiger partial charge >= 0.3 is 5.69 Å². The van der Waals surface area contributed by atoms with Crippen LogP contribution in [0.2, 0.25) is 0 Å². The summed E-state index contributed by atoms with van der Waals surface area (Å²) in [5.41, 5.74) is 0.983. The lowest BCUT2D eigenvalue weighted by Gasteiger charge is -2.13. The van der Waals surface area contributed by atoms with E-state index in [0.717, 1.165) is 26.4 Å². The van der Waals surface area contributed by atoms with Crippen LogP contribution in [0.4, 0.5) is 13.2 Å². The van der Waals surface area contributed by atoms with E-state index in [1.54, 1.807) is 12.1 Å². The maximum absolute atomic E-state index is 14.6. The van der Waals surface area contributed by atoms with Crippen LogP contribution in [0.3, 0.4) is 0 Å². The van der Waals surface area contributed by atoms with Crippen molar-refractivity contribution in [1.29, 1.82) is 0 Å². The molecule has 0 saturated heterocycles. The summed E-state index contributed by atoms with van der Waals surface area (Å²) in [6, 6.07) is 18.7. The fourth-order valence-electron chi connectivity index (χ4n) is 3.99. The van der Waals surface area contributed by atoms with Crippen molar-refractivity contribution in [3.63, 3.8) is 0 Å². The topological polar surface area (TPSA) is 61.8 Å². The summed E-state index contributed by atoms with van der Waals surface area (Å²) in [6.07, 6.45) is 0.868. The third kappa shape index (κ3) is 4.52. The number of halogens is 3. The average molecular weight is 476 g/mol. The third-order valence-corrected chi connectivity index (χ3v) is 5.75. The minimum Gasteiger partial charge on any atom is -0.322 e. The van der Waals surface area contributed by atoms with E-state index in [2.05, 4.69) is 4.98 Å². The number of hydrogen-bond donors (Lipinski definition) is 0.